The Morgan fingerprint density at radius 1 is 1.67 bits per heavy atom. The fraction of sp³-hybridized carbons (Fsp3) is 0.500. The van der Waals surface area contributed by atoms with Crippen molar-refractivity contribution in [2.75, 3.05) is 0 Å². The quantitative estimate of drug-likeness (QED) is 0.473. The summed E-state index contributed by atoms with van der Waals surface area (Å²) in [6.45, 7) is 4.52. The molecular weight excluding hydrogens is 182 g/mol. The number of primary amides is 1. The molecule has 0 saturated carbocycles. The predicted molar refractivity (Wildman–Crippen MR) is 44.0 cm³/mol. The molecule has 70 valence electrons. The van der Waals surface area contributed by atoms with Crippen LogP contribution in [0.5, 0.6) is 0 Å². The maximum atomic E-state index is 10.5. The van der Waals surface area contributed by atoms with E-state index in [-0.39, 0.29) is 12.0 Å². The summed E-state index contributed by atoms with van der Waals surface area (Å²) < 4.78 is 29.4. The van der Waals surface area contributed by atoms with E-state index in [1.807, 2.05) is 0 Å². The van der Waals surface area contributed by atoms with Crippen molar-refractivity contribution in [1.29, 1.82) is 0 Å². The first-order valence-corrected chi connectivity index (χ1v) is 4.69. The molecule has 0 saturated heterocycles. The van der Waals surface area contributed by atoms with Crippen LogP contribution in [0, 0.1) is 0 Å². The van der Waals surface area contributed by atoms with Crippen molar-refractivity contribution < 1.29 is 17.8 Å². The van der Waals surface area contributed by atoms with Gasteiger partial charge in [0.25, 0.3) is 10.1 Å². The van der Waals surface area contributed by atoms with Crippen LogP contribution in [-0.4, -0.2) is 24.1 Å². The van der Waals surface area contributed by atoms with Gasteiger partial charge in [-0.15, -0.1) is 0 Å². The normalized spacial score (nSPS) is 13.8. The highest BCUT2D eigenvalue weighted by molar-refractivity contribution is 7.86. The van der Waals surface area contributed by atoms with E-state index in [1.165, 1.54) is 6.92 Å². The molecule has 0 rings (SSSR count). The van der Waals surface area contributed by atoms with Crippen molar-refractivity contribution in [3.63, 3.8) is 0 Å². The van der Waals surface area contributed by atoms with Crippen LogP contribution in [0.1, 0.15) is 13.3 Å². The molecule has 0 aromatic rings. The molecule has 0 aliphatic rings. The van der Waals surface area contributed by atoms with Crippen LogP contribution in [-0.2, 0) is 14.9 Å². The topological polar surface area (TPSA) is 97.5 Å². The van der Waals surface area contributed by atoms with Gasteiger partial charge in [-0.3, -0.25) is 9.35 Å². The summed E-state index contributed by atoms with van der Waals surface area (Å²) in [6.07, 6.45) is -0.145. The minimum Gasteiger partial charge on any atom is -0.366 e. The Kier molecular flexibility index (Phi) is 3.41. The molecule has 1 amide bonds. The van der Waals surface area contributed by atoms with Gasteiger partial charge in [0, 0.05) is 5.57 Å². The first-order valence-electron chi connectivity index (χ1n) is 3.19. The maximum Gasteiger partial charge on any atom is 0.267 e. The molecule has 0 fully saturated rings. The predicted octanol–water partition coefficient (Wildman–Crippen LogP) is -0.306. The largest absolute Gasteiger partial charge is 0.366 e. The summed E-state index contributed by atoms with van der Waals surface area (Å²) in [7, 11) is -4.10. The first-order chi connectivity index (χ1) is 5.25. The van der Waals surface area contributed by atoms with Gasteiger partial charge in [-0.05, 0) is 13.3 Å². The van der Waals surface area contributed by atoms with Crippen LogP contribution in [0.4, 0.5) is 0 Å². The molecule has 0 aromatic carbocycles. The first kappa shape index (κ1) is 11.1. The van der Waals surface area contributed by atoms with Crippen LogP contribution in [0.3, 0.4) is 0 Å². The monoisotopic (exact) mass is 193 g/mol. The van der Waals surface area contributed by atoms with Gasteiger partial charge in [-0.25, -0.2) is 0 Å². The zero-order valence-electron chi connectivity index (χ0n) is 6.65. The van der Waals surface area contributed by atoms with Gasteiger partial charge in [0.05, 0.1) is 5.25 Å². The molecule has 12 heavy (non-hydrogen) atoms. The molecule has 0 aliphatic heterocycles. The number of amides is 1. The van der Waals surface area contributed by atoms with E-state index in [4.69, 9.17) is 10.3 Å². The van der Waals surface area contributed by atoms with Crippen LogP contribution in [0.15, 0.2) is 12.2 Å². The fourth-order valence-electron chi connectivity index (χ4n) is 0.553. The molecular formula is C6H11NO4S. The van der Waals surface area contributed by atoms with Gasteiger partial charge in [0.1, 0.15) is 0 Å². The van der Waals surface area contributed by atoms with Crippen molar-refractivity contribution in [1.82, 2.24) is 0 Å². The molecule has 0 spiro atoms. The lowest BCUT2D eigenvalue weighted by Crippen LogP contribution is -2.22. The number of hydrogen-bond acceptors (Lipinski definition) is 3. The maximum absolute atomic E-state index is 10.5. The van der Waals surface area contributed by atoms with Gasteiger partial charge in [0.15, 0.2) is 0 Å². The summed E-state index contributed by atoms with van der Waals surface area (Å²) in [5.41, 5.74) is 4.80. The van der Waals surface area contributed by atoms with Gasteiger partial charge in [-0.2, -0.15) is 8.42 Å². The second-order valence-corrected chi connectivity index (χ2v) is 4.33. The van der Waals surface area contributed by atoms with Crippen molar-refractivity contribution in [3.05, 3.63) is 12.2 Å². The number of nitrogens with two attached hydrogens (primary N) is 1. The van der Waals surface area contributed by atoms with Gasteiger partial charge >= 0.3 is 0 Å². The fourth-order valence-corrected chi connectivity index (χ4v) is 0.965. The number of hydrogen-bond donors (Lipinski definition) is 2. The molecule has 0 heterocycles. The van der Waals surface area contributed by atoms with E-state index in [9.17, 15) is 13.2 Å². The Hall–Kier alpha value is -0.880. The minimum absolute atomic E-state index is 0.0138. The molecule has 1 atom stereocenters. The summed E-state index contributed by atoms with van der Waals surface area (Å²) >= 11 is 0. The molecule has 0 aromatic heterocycles. The third-order valence-corrected chi connectivity index (χ3v) is 2.57. The Bertz CT molecular complexity index is 293. The van der Waals surface area contributed by atoms with E-state index in [0.29, 0.717) is 0 Å². The van der Waals surface area contributed by atoms with Gasteiger partial charge in [0.2, 0.25) is 5.91 Å². The third-order valence-electron chi connectivity index (χ3n) is 1.39. The standard InChI is InChI=1S/C6H11NO4S/c1-4(6(7)8)3-5(2)12(9,10)11/h5H,1,3H2,2H3,(H2,7,8)(H,9,10,11). The Morgan fingerprint density at radius 3 is 2.33 bits per heavy atom. The Morgan fingerprint density at radius 2 is 2.08 bits per heavy atom. The van der Waals surface area contributed by atoms with E-state index < -0.39 is 21.3 Å². The third kappa shape index (κ3) is 3.49. The van der Waals surface area contributed by atoms with Crippen LogP contribution < -0.4 is 5.73 Å². The molecule has 0 radical (unpaired) electrons. The molecule has 6 heteroatoms. The minimum atomic E-state index is -4.10. The average molecular weight is 193 g/mol. The van der Waals surface area contributed by atoms with E-state index in [2.05, 4.69) is 6.58 Å². The smallest absolute Gasteiger partial charge is 0.267 e. The second-order valence-electron chi connectivity index (χ2n) is 2.50. The average Bonchev–Trinajstić information content (AvgIpc) is 1.85. The second kappa shape index (κ2) is 3.68. The van der Waals surface area contributed by atoms with Crippen molar-refractivity contribution in [2.24, 2.45) is 5.73 Å². The molecule has 5 nitrogen and oxygen atoms in total. The summed E-state index contributed by atoms with van der Waals surface area (Å²) in [6, 6.07) is 0. The van der Waals surface area contributed by atoms with E-state index in [1.54, 1.807) is 0 Å². The lowest BCUT2D eigenvalue weighted by molar-refractivity contribution is -0.114. The molecule has 3 N–H and O–H groups in total. The highest BCUT2D eigenvalue weighted by Gasteiger charge is 2.19. The molecule has 1 unspecified atom stereocenters. The van der Waals surface area contributed by atoms with Crippen molar-refractivity contribution >= 4 is 16.0 Å². The summed E-state index contributed by atoms with van der Waals surface area (Å²) in [4.78, 5) is 10.4. The van der Waals surface area contributed by atoms with Gasteiger partial charge < -0.3 is 5.73 Å². The number of carbonyl (C=O) groups excluding carboxylic acids is 1. The zero-order chi connectivity index (χ0) is 9.94. The molecule has 0 bridgehead atoms. The van der Waals surface area contributed by atoms with Crippen LogP contribution in [0.2, 0.25) is 0 Å². The van der Waals surface area contributed by atoms with Crippen molar-refractivity contribution in [3.8, 4) is 0 Å². The number of rotatable bonds is 4. The number of carbonyl (C=O) groups is 1. The van der Waals surface area contributed by atoms with Gasteiger partial charge in [-0.1, -0.05) is 6.58 Å². The summed E-state index contributed by atoms with van der Waals surface area (Å²) in [5.74, 6) is -0.759. The van der Waals surface area contributed by atoms with E-state index in [0.717, 1.165) is 0 Å². The lowest BCUT2D eigenvalue weighted by Gasteiger charge is -2.06. The molecule has 0 aliphatic carbocycles. The van der Waals surface area contributed by atoms with Crippen LogP contribution >= 0.6 is 0 Å². The Balaban J connectivity index is 4.31. The highest BCUT2D eigenvalue weighted by atomic mass is 32.2. The highest BCUT2D eigenvalue weighted by Crippen LogP contribution is 2.09. The van der Waals surface area contributed by atoms with Crippen LogP contribution in [0.25, 0.3) is 0 Å². The van der Waals surface area contributed by atoms with Crippen molar-refractivity contribution in [2.45, 2.75) is 18.6 Å². The Labute approximate surface area is 71.0 Å². The van der Waals surface area contributed by atoms with E-state index >= 15 is 0 Å². The zero-order valence-corrected chi connectivity index (χ0v) is 7.47. The SMILES string of the molecule is C=C(CC(C)S(=O)(=O)O)C(N)=O. The lowest BCUT2D eigenvalue weighted by atomic mass is 10.2. The summed E-state index contributed by atoms with van der Waals surface area (Å²) in [5, 5.41) is -1.04.